The molecule has 0 aromatic rings. The van der Waals surface area contributed by atoms with Gasteiger partial charge in [0.1, 0.15) is 0 Å². The van der Waals surface area contributed by atoms with Gasteiger partial charge in [-0.3, -0.25) is 0 Å². The fraction of sp³-hybridized carbons (Fsp3) is 1.00. The highest BCUT2D eigenvalue weighted by molar-refractivity contribution is 9.26. The van der Waals surface area contributed by atoms with E-state index in [1.165, 1.54) is 50.0 Å². The number of rotatable bonds is 0. The van der Waals surface area contributed by atoms with E-state index in [-0.39, 0.29) is 0 Å². The molecule has 72 valence electrons. The second-order valence-corrected chi connectivity index (χ2v) is 9.14. The zero-order chi connectivity index (χ0) is 8.49. The molecule has 0 spiro atoms. The maximum absolute atomic E-state index is 2.03. The average Bonchev–Trinajstić information content (AvgIpc) is 2.05. The molecule has 1 saturated heterocycles. The third-order valence-corrected chi connectivity index (χ3v) is 8.46. The fourth-order valence-corrected chi connectivity index (χ4v) is 7.40. The second kappa shape index (κ2) is 8.97. The van der Waals surface area contributed by atoms with Crippen LogP contribution in [-0.4, -0.2) is 11.5 Å². The first-order valence-electron chi connectivity index (χ1n) is 4.58. The predicted octanol–water partition coefficient (Wildman–Crippen LogP) is 5.02. The summed E-state index contributed by atoms with van der Waals surface area (Å²) in [5.74, 6) is 2.69. The van der Waals surface area contributed by atoms with Crippen molar-refractivity contribution in [2.45, 2.75) is 38.5 Å². The Morgan fingerprint density at radius 1 is 0.500 bits per heavy atom. The average molecular weight is 240 g/mol. The lowest BCUT2D eigenvalue weighted by Crippen LogP contribution is -1.83. The van der Waals surface area contributed by atoms with Crippen LogP contribution in [0, 0.1) is 0 Å². The lowest BCUT2D eigenvalue weighted by molar-refractivity contribution is 0.630. The van der Waals surface area contributed by atoms with Crippen molar-refractivity contribution in [3.8, 4) is 0 Å². The Labute approximate surface area is 91.0 Å². The zero-order valence-electron chi connectivity index (χ0n) is 7.29. The molecule has 0 atom stereocenters. The molecular formula is C8H16S4. The molecule has 0 N–H and O–H groups in total. The van der Waals surface area contributed by atoms with Gasteiger partial charge < -0.3 is 0 Å². The molecule has 0 aromatic heterocycles. The largest absolute Gasteiger partial charge is 0.0817 e. The van der Waals surface area contributed by atoms with Gasteiger partial charge in [-0.25, -0.2) is 0 Å². The molecular weight excluding hydrogens is 224 g/mol. The molecule has 12 heavy (non-hydrogen) atoms. The minimum atomic E-state index is 1.35. The lowest BCUT2D eigenvalue weighted by Gasteiger charge is -2.04. The van der Waals surface area contributed by atoms with Crippen molar-refractivity contribution in [1.29, 1.82) is 0 Å². The predicted molar refractivity (Wildman–Crippen MR) is 67.8 cm³/mol. The molecule has 1 aliphatic rings. The third kappa shape index (κ3) is 6.87. The van der Waals surface area contributed by atoms with Crippen LogP contribution in [-0.2, 0) is 0 Å². The summed E-state index contributed by atoms with van der Waals surface area (Å²) in [4.78, 5) is 0. The zero-order valence-corrected chi connectivity index (χ0v) is 10.6. The van der Waals surface area contributed by atoms with Crippen LogP contribution in [0.15, 0.2) is 0 Å². The summed E-state index contributed by atoms with van der Waals surface area (Å²) < 4.78 is 0. The van der Waals surface area contributed by atoms with E-state index in [4.69, 9.17) is 0 Å². The second-order valence-electron chi connectivity index (χ2n) is 2.90. The van der Waals surface area contributed by atoms with Gasteiger partial charge in [0, 0.05) is 11.5 Å². The molecule has 0 aromatic carbocycles. The summed E-state index contributed by atoms with van der Waals surface area (Å²) in [5, 5.41) is 0. The van der Waals surface area contributed by atoms with E-state index in [9.17, 15) is 0 Å². The molecule has 1 rings (SSSR count). The van der Waals surface area contributed by atoms with E-state index in [2.05, 4.69) is 0 Å². The smallest absolute Gasteiger partial charge is 0.00454 e. The summed E-state index contributed by atoms with van der Waals surface area (Å²) in [6, 6.07) is 0. The van der Waals surface area contributed by atoms with E-state index < -0.39 is 0 Å². The maximum atomic E-state index is 2.03. The summed E-state index contributed by atoms with van der Waals surface area (Å²) >= 11 is 0. The van der Waals surface area contributed by atoms with E-state index in [0.717, 1.165) is 0 Å². The summed E-state index contributed by atoms with van der Waals surface area (Å²) in [6.07, 6.45) is 8.66. The Hall–Kier alpha value is 1.40. The molecule has 0 aliphatic carbocycles. The summed E-state index contributed by atoms with van der Waals surface area (Å²) in [5.41, 5.74) is 0. The Bertz CT molecular complexity index is 54.0. The van der Waals surface area contributed by atoms with E-state index in [1.807, 2.05) is 41.2 Å². The van der Waals surface area contributed by atoms with Crippen molar-refractivity contribution in [3.63, 3.8) is 0 Å². The van der Waals surface area contributed by atoms with Gasteiger partial charge in [0.05, 0.1) is 0 Å². The van der Waals surface area contributed by atoms with Crippen molar-refractivity contribution >= 4 is 41.2 Å². The minimum absolute atomic E-state index is 1.35. The van der Waals surface area contributed by atoms with Crippen LogP contribution in [0.2, 0.25) is 0 Å². The van der Waals surface area contributed by atoms with Crippen molar-refractivity contribution in [2.24, 2.45) is 0 Å². The van der Waals surface area contributed by atoms with Crippen molar-refractivity contribution in [3.05, 3.63) is 0 Å². The number of hydrogen-bond donors (Lipinski definition) is 0. The van der Waals surface area contributed by atoms with Crippen LogP contribution in [0.4, 0.5) is 0 Å². The van der Waals surface area contributed by atoms with E-state index in [0.29, 0.717) is 0 Å². The molecule has 0 bridgehead atoms. The lowest BCUT2D eigenvalue weighted by atomic mass is 10.1. The monoisotopic (exact) mass is 240 g/mol. The van der Waals surface area contributed by atoms with Crippen LogP contribution in [0.1, 0.15) is 38.5 Å². The molecule has 0 nitrogen and oxygen atoms in total. The van der Waals surface area contributed by atoms with Crippen LogP contribution in [0.3, 0.4) is 0 Å². The van der Waals surface area contributed by atoms with Crippen molar-refractivity contribution in [1.82, 2.24) is 0 Å². The third-order valence-electron chi connectivity index (χ3n) is 1.83. The van der Waals surface area contributed by atoms with Gasteiger partial charge >= 0.3 is 0 Å². The SMILES string of the molecule is C1CCCCSSSSCCC1. The van der Waals surface area contributed by atoms with Crippen LogP contribution >= 0.6 is 41.2 Å². The van der Waals surface area contributed by atoms with Gasteiger partial charge in [0.15, 0.2) is 0 Å². The highest BCUT2D eigenvalue weighted by atomic mass is 33.7. The molecule has 4 heteroatoms. The summed E-state index contributed by atoms with van der Waals surface area (Å²) in [6.45, 7) is 0. The highest BCUT2D eigenvalue weighted by Gasteiger charge is 1.97. The normalized spacial score (nSPS) is 24.0. The van der Waals surface area contributed by atoms with E-state index >= 15 is 0 Å². The molecule has 1 heterocycles. The molecule has 0 radical (unpaired) electrons. The van der Waals surface area contributed by atoms with Gasteiger partial charge in [0.25, 0.3) is 0 Å². The van der Waals surface area contributed by atoms with Gasteiger partial charge in [-0.1, -0.05) is 47.3 Å². The Morgan fingerprint density at radius 3 is 1.42 bits per heavy atom. The first-order valence-corrected chi connectivity index (χ1v) is 9.73. The van der Waals surface area contributed by atoms with Gasteiger partial charge in [-0.2, -0.15) is 0 Å². The Kier molecular flexibility index (Phi) is 8.58. The minimum Gasteiger partial charge on any atom is -0.0817 e. The number of hydrogen-bond acceptors (Lipinski definition) is 4. The first-order chi connectivity index (χ1) is 6.00. The molecule has 1 aliphatic heterocycles. The van der Waals surface area contributed by atoms with E-state index in [1.54, 1.807) is 0 Å². The van der Waals surface area contributed by atoms with Gasteiger partial charge in [0.2, 0.25) is 0 Å². The van der Waals surface area contributed by atoms with Crippen LogP contribution in [0.25, 0.3) is 0 Å². The molecule has 0 amide bonds. The van der Waals surface area contributed by atoms with Crippen molar-refractivity contribution < 1.29 is 0 Å². The standard InChI is InChI=1S/C8H16S4/c1-2-4-6-8-10-12-11-9-7-5-3-1/h1-8H2. The quantitative estimate of drug-likeness (QED) is 0.545. The van der Waals surface area contributed by atoms with Crippen LogP contribution < -0.4 is 0 Å². The van der Waals surface area contributed by atoms with Gasteiger partial charge in [-0.15, -0.1) is 0 Å². The Balaban J connectivity index is 2.00. The maximum Gasteiger partial charge on any atom is 0.00454 e. The van der Waals surface area contributed by atoms with Crippen molar-refractivity contribution in [2.75, 3.05) is 11.5 Å². The molecule has 1 fully saturated rings. The topological polar surface area (TPSA) is 0 Å². The first kappa shape index (κ1) is 11.5. The highest BCUT2D eigenvalue weighted by Crippen LogP contribution is 2.43. The van der Waals surface area contributed by atoms with Gasteiger partial charge in [-0.05, 0) is 32.5 Å². The molecule has 0 unspecified atom stereocenters. The van der Waals surface area contributed by atoms with Crippen LogP contribution in [0.5, 0.6) is 0 Å². The molecule has 0 saturated carbocycles. The fourth-order valence-electron chi connectivity index (χ4n) is 1.14. The summed E-state index contributed by atoms with van der Waals surface area (Å²) in [7, 11) is 7.98. The Morgan fingerprint density at radius 2 is 0.917 bits per heavy atom.